The summed E-state index contributed by atoms with van der Waals surface area (Å²) in [5.41, 5.74) is 1.30. The largest absolute Gasteiger partial charge is 0.335 e. The first kappa shape index (κ1) is 11.5. The Morgan fingerprint density at radius 3 is 2.47 bits per heavy atom. The van der Waals surface area contributed by atoms with Crippen molar-refractivity contribution in [3.8, 4) is 6.07 Å². The molecule has 0 unspecified atom stereocenters. The molecule has 2 rings (SSSR count). The molecule has 0 saturated heterocycles. The van der Waals surface area contributed by atoms with Gasteiger partial charge in [0.15, 0.2) is 0 Å². The molecule has 1 aliphatic carbocycles. The summed E-state index contributed by atoms with van der Waals surface area (Å²) in [5.74, 6) is 0. The van der Waals surface area contributed by atoms with Crippen LogP contribution < -0.4 is 10.6 Å². The zero-order chi connectivity index (χ0) is 12.1. The molecule has 0 radical (unpaired) electrons. The van der Waals surface area contributed by atoms with Crippen LogP contribution in [0, 0.1) is 11.3 Å². The third kappa shape index (κ3) is 3.22. The van der Waals surface area contributed by atoms with Gasteiger partial charge in [0.1, 0.15) is 0 Å². The van der Waals surface area contributed by atoms with Crippen LogP contribution in [-0.4, -0.2) is 12.1 Å². The number of benzene rings is 1. The number of nitrogens with one attached hydrogen (secondary N) is 2. The van der Waals surface area contributed by atoms with Gasteiger partial charge in [-0.3, -0.25) is 0 Å². The van der Waals surface area contributed by atoms with Crippen LogP contribution in [0.5, 0.6) is 0 Å². The summed E-state index contributed by atoms with van der Waals surface area (Å²) < 4.78 is 0. The maximum atomic E-state index is 11.6. The van der Waals surface area contributed by atoms with Gasteiger partial charge in [-0.2, -0.15) is 5.26 Å². The maximum absolute atomic E-state index is 11.6. The molecule has 1 aliphatic rings. The average molecular weight is 229 g/mol. The molecule has 0 aromatic heterocycles. The highest BCUT2D eigenvalue weighted by Crippen LogP contribution is 2.17. The minimum Gasteiger partial charge on any atom is -0.335 e. The number of carbonyl (C=O) groups is 1. The summed E-state index contributed by atoms with van der Waals surface area (Å²) in [5, 5.41) is 14.4. The first-order chi connectivity index (χ1) is 8.28. The van der Waals surface area contributed by atoms with Crippen molar-refractivity contribution in [2.24, 2.45) is 0 Å². The third-order valence-corrected chi connectivity index (χ3v) is 2.96. The lowest BCUT2D eigenvalue weighted by molar-refractivity contribution is 0.248. The van der Waals surface area contributed by atoms with Crippen molar-refractivity contribution in [1.29, 1.82) is 5.26 Å². The van der Waals surface area contributed by atoms with E-state index in [-0.39, 0.29) is 6.03 Å². The highest BCUT2D eigenvalue weighted by atomic mass is 16.2. The van der Waals surface area contributed by atoms with E-state index in [4.69, 9.17) is 5.26 Å². The second-order valence-electron chi connectivity index (χ2n) is 4.27. The van der Waals surface area contributed by atoms with Gasteiger partial charge in [0.25, 0.3) is 0 Å². The molecule has 1 aromatic rings. The minimum atomic E-state index is -0.165. The highest BCUT2D eigenvalue weighted by molar-refractivity contribution is 5.89. The van der Waals surface area contributed by atoms with Crippen molar-refractivity contribution >= 4 is 11.7 Å². The topological polar surface area (TPSA) is 64.9 Å². The number of amides is 2. The van der Waals surface area contributed by atoms with Gasteiger partial charge >= 0.3 is 6.03 Å². The van der Waals surface area contributed by atoms with Gasteiger partial charge in [-0.15, -0.1) is 0 Å². The Bertz CT molecular complexity index is 427. The molecule has 1 saturated carbocycles. The van der Waals surface area contributed by atoms with Crippen LogP contribution in [0.3, 0.4) is 0 Å². The SMILES string of the molecule is N#Cc1ccc(NC(=O)NC2CCCC2)cc1. The molecule has 1 fully saturated rings. The van der Waals surface area contributed by atoms with Gasteiger partial charge < -0.3 is 10.6 Å². The fraction of sp³-hybridized carbons (Fsp3) is 0.385. The monoisotopic (exact) mass is 229 g/mol. The molecule has 0 heterocycles. The standard InChI is InChI=1S/C13H15N3O/c14-9-10-5-7-12(8-6-10)16-13(17)15-11-3-1-2-4-11/h5-8,11H,1-4H2,(H2,15,16,17). The number of anilines is 1. The summed E-state index contributed by atoms with van der Waals surface area (Å²) in [6, 6.07) is 9.02. The summed E-state index contributed by atoms with van der Waals surface area (Å²) in [6.07, 6.45) is 4.53. The number of hydrogen-bond donors (Lipinski definition) is 2. The van der Waals surface area contributed by atoms with Gasteiger partial charge in [-0.25, -0.2) is 4.79 Å². The zero-order valence-corrected chi connectivity index (χ0v) is 9.57. The Morgan fingerprint density at radius 2 is 1.88 bits per heavy atom. The van der Waals surface area contributed by atoms with Gasteiger partial charge in [0.05, 0.1) is 11.6 Å². The average Bonchev–Trinajstić information content (AvgIpc) is 2.82. The number of nitriles is 1. The van der Waals surface area contributed by atoms with E-state index >= 15 is 0 Å². The Hall–Kier alpha value is -2.02. The van der Waals surface area contributed by atoms with Crippen molar-refractivity contribution in [3.05, 3.63) is 29.8 Å². The van der Waals surface area contributed by atoms with E-state index in [1.165, 1.54) is 12.8 Å². The number of rotatable bonds is 2. The Balaban J connectivity index is 1.86. The van der Waals surface area contributed by atoms with E-state index in [0.29, 0.717) is 17.3 Å². The van der Waals surface area contributed by atoms with Crippen molar-refractivity contribution in [1.82, 2.24) is 5.32 Å². The van der Waals surface area contributed by atoms with Crippen LogP contribution >= 0.6 is 0 Å². The fourth-order valence-electron chi connectivity index (χ4n) is 2.05. The van der Waals surface area contributed by atoms with Gasteiger partial charge in [0, 0.05) is 11.7 Å². The van der Waals surface area contributed by atoms with E-state index in [0.717, 1.165) is 12.8 Å². The van der Waals surface area contributed by atoms with E-state index in [1.54, 1.807) is 24.3 Å². The lowest BCUT2D eigenvalue weighted by Crippen LogP contribution is -2.36. The van der Waals surface area contributed by atoms with E-state index in [9.17, 15) is 4.79 Å². The van der Waals surface area contributed by atoms with Crippen LogP contribution in [-0.2, 0) is 0 Å². The molecule has 0 atom stereocenters. The van der Waals surface area contributed by atoms with E-state index in [1.807, 2.05) is 6.07 Å². The zero-order valence-electron chi connectivity index (χ0n) is 9.57. The van der Waals surface area contributed by atoms with Crippen LogP contribution in [0.25, 0.3) is 0 Å². The molecule has 0 bridgehead atoms. The second-order valence-corrected chi connectivity index (χ2v) is 4.27. The quantitative estimate of drug-likeness (QED) is 0.818. The molecule has 88 valence electrons. The first-order valence-corrected chi connectivity index (χ1v) is 5.85. The normalized spacial score (nSPS) is 15.2. The predicted molar refractivity (Wildman–Crippen MR) is 65.6 cm³/mol. The molecule has 4 nitrogen and oxygen atoms in total. The smallest absolute Gasteiger partial charge is 0.319 e. The molecular formula is C13H15N3O. The Labute approximate surface area is 101 Å². The number of hydrogen-bond acceptors (Lipinski definition) is 2. The number of urea groups is 1. The summed E-state index contributed by atoms with van der Waals surface area (Å²) in [6.45, 7) is 0. The first-order valence-electron chi connectivity index (χ1n) is 5.85. The lowest BCUT2D eigenvalue weighted by atomic mass is 10.2. The van der Waals surface area contributed by atoms with Crippen LogP contribution in [0.2, 0.25) is 0 Å². The van der Waals surface area contributed by atoms with Gasteiger partial charge in [-0.05, 0) is 37.1 Å². The van der Waals surface area contributed by atoms with Crippen LogP contribution in [0.15, 0.2) is 24.3 Å². The van der Waals surface area contributed by atoms with Crippen molar-refractivity contribution in [3.63, 3.8) is 0 Å². The number of nitrogens with zero attached hydrogens (tertiary/aromatic N) is 1. The predicted octanol–water partition coefficient (Wildman–Crippen LogP) is 2.62. The van der Waals surface area contributed by atoms with Crippen LogP contribution in [0.1, 0.15) is 31.2 Å². The molecule has 0 aliphatic heterocycles. The maximum Gasteiger partial charge on any atom is 0.319 e. The van der Waals surface area contributed by atoms with Gasteiger partial charge in [0.2, 0.25) is 0 Å². The highest BCUT2D eigenvalue weighted by Gasteiger charge is 2.16. The van der Waals surface area contributed by atoms with Crippen molar-refractivity contribution < 1.29 is 4.79 Å². The molecule has 2 N–H and O–H groups in total. The van der Waals surface area contributed by atoms with Crippen molar-refractivity contribution in [2.75, 3.05) is 5.32 Å². The van der Waals surface area contributed by atoms with Crippen LogP contribution in [0.4, 0.5) is 10.5 Å². The lowest BCUT2D eigenvalue weighted by Gasteiger charge is -2.12. The van der Waals surface area contributed by atoms with E-state index < -0.39 is 0 Å². The summed E-state index contributed by atoms with van der Waals surface area (Å²) in [4.78, 5) is 11.6. The van der Waals surface area contributed by atoms with Gasteiger partial charge in [-0.1, -0.05) is 12.8 Å². The van der Waals surface area contributed by atoms with Crippen molar-refractivity contribution in [2.45, 2.75) is 31.7 Å². The second kappa shape index (κ2) is 5.35. The van der Waals surface area contributed by atoms with E-state index in [2.05, 4.69) is 10.6 Å². The summed E-state index contributed by atoms with van der Waals surface area (Å²) >= 11 is 0. The molecule has 2 amide bonds. The molecule has 4 heteroatoms. The summed E-state index contributed by atoms with van der Waals surface area (Å²) in [7, 11) is 0. The molecule has 1 aromatic carbocycles. The number of carbonyl (C=O) groups excluding carboxylic acids is 1. The molecule has 0 spiro atoms. The Kier molecular flexibility index (Phi) is 3.61. The Morgan fingerprint density at radius 1 is 1.24 bits per heavy atom. The fourth-order valence-corrected chi connectivity index (χ4v) is 2.05. The molecular weight excluding hydrogens is 214 g/mol. The third-order valence-electron chi connectivity index (χ3n) is 2.96. The minimum absolute atomic E-state index is 0.165. The molecule has 17 heavy (non-hydrogen) atoms.